The van der Waals surface area contributed by atoms with Crippen LogP contribution in [0.2, 0.25) is 5.15 Å². The molecule has 0 saturated carbocycles. The van der Waals surface area contributed by atoms with Crippen LogP contribution >= 0.6 is 11.6 Å². The molecular formula is C16H20ClN3O. The molecule has 1 aromatic carbocycles. The van der Waals surface area contributed by atoms with Crippen LogP contribution in [0.3, 0.4) is 0 Å². The van der Waals surface area contributed by atoms with Crippen LogP contribution in [0.4, 0.5) is 5.82 Å². The van der Waals surface area contributed by atoms with Crippen molar-refractivity contribution >= 4 is 17.4 Å². The molecule has 21 heavy (non-hydrogen) atoms. The zero-order valence-electron chi connectivity index (χ0n) is 12.6. The first-order valence-corrected chi connectivity index (χ1v) is 7.45. The highest BCUT2D eigenvalue weighted by molar-refractivity contribution is 6.30. The van der Waals surface area contributed by atoms with Gasteiger partial charge in [0, 0.05) is 12.1 Å². The number of hydrogen-bond acceptors (Lipinski definition) is 4. The van der Waals surface area contributed by atoms with E-state index in [-0.39, 0.29) is 5.92 Å². The number of hydrogen-bond donors (Lipinski definition) is 1. The number of ether oxygens (including phenoxy) is 1. The summed E-state index contributed by atoms with van der Waals surface area (Å²) < 4.78 is 5.51. The minimum Gasteiger partial charge on any atom is -0.494 e. The van der Waals surface area contributed by atoms with Gasteiger partial charge in [0.25, 0.3) is 0 Å². The van der Waals surface area contributed by atoms with Crippen molar-refractivity contribution in [1.82, 2.24) is 9.97 Å². The van der Waals surface area contributed by atoms with Gasteiger partial charge in [0.2, 0.25) is 0 Å². The average molecular weight is 306 g/mol. The molecule has 2 aromatic rings. The van der Waals surface area contributed by atoms with Gasteiger partial charge in [-0.25, -0.2) is 9.97 Å². The van der Waals surface area contributed by atoms with E-state index in [0.29, 0.717) is 18.3 Å². The zero-order valence-corrected chi connectivity index (χ0v) is 13.3. The second-order valence-electron chi connectivity index (χ2n) is 5.02. The van der Waals surface area contributed by atoms with E-state index < -0.39 is 0 Å². The van der Waals surface area contributed by atoms with Crippen molar-refractivity contribution in [3.05, 3.63) is 46.9 Å². The summed E-state index contributed by atoms with van der Waals surface area (Å²) in [6.45, 7) is 7.45. The molecule has 1 heterocycles. The first kappa shape index (κ1) is 15.6. The van der Waals surface area contributed by atoms with Gasteiger partial charge in [-0.3, -0.25) is 0 Å². The zero-order chi connectivity index (χ0) is 15.2. The largest absolute Gasteiger partial charge is 0.494 e. The standard InChI is InChI=1S/C16H20ClN3O/c1-4-21-13-7-5-6-12(8-13)9-18-16-14(11(2)3)15(17)19-10-20-16/h5-8,10-11H,4,9H2,1-3H3,(H,18,19,20). The summed E-state index contributed by atoms with van der Waals surface area (Å²) in [5.74, 6) is 1.92. The Labute approximate surface area is 130 Å². The summed E-state index contributed by atoms with van der Waals surface area (Å²) in [6, 6.07) is 8.01. The molecule has 1 N–H and O–H groups in total. The molecule has 0 bridgehead atoms. The predicted molar refractivity (Wildman–Crippen MR) is 86.1 cm³/mol. The summed E-state index contributed by atoms with van der Waals surface area (Å²) in [6.07, 6.45) is 1.48. The second kappa shape index (κ2) is 7.27. The number of aromatic nitrogens is 2. The molecule has 4 nitrogen and oxygen atoms in total. The van der Waals surface area contributed by atoms with Crippen LogP contribution in [0.15, 0.2) is 30.6 Å². The van der Waals surface area contributed by atoms with Crippen LogP contribution in [0.1, 0.15) is 37.8 Å². The third kappa shape index (κ3) is 4.08. The Morgan fingerprint density at radius 3 is 2.81 bits per heavy atom. The second-order valence-corrected chi connectivity index (χ2v) is 5.37. The van der Waals surface area contributed by atoms with Gasteiger partial charge in [-0.2, -0.15) is 0 Å². The molecule has 0 spiro atoms. The lowest BCUT2D eigenvalue weighted by Gasteiger charge is -2.14. The van der Waals surface area contributed by atoms with E-state index in [1.54, 1.807) is 0 Å². The summed E-state index contributed by atoms with van der Waals surface area (Å²) in [4.78, 5) is 8.35. The van der Waals surface area contributed by atoms with Crippen LogP contribution in [0.5, 0.6) is 5.75 Å². The van der Waals surface area contributed by atoms with Gasteiger partial charge in [0.05, 0.1) is 6.61 Å². The van der Waals surface area contributed by atoms with E-state index >= 15 is 0 Å². The average Bonchev–Trinajstić information content (AvgIpc) is 2.45. The topological polar surface area (TPSA) is 47.0 Å². The van der Waals surface area contributed by atoms with E-state index in [1.807, 2.05) is 31.2 Å². The maximum Gasteiger partial charge on any atom is 0.138 e. The highest BCUT2D eigenvalue weighted by Crippen LogP contribution is 2.28. The predicted octanol–water partition coefficient (Wildman–Crippen LogP) is 4.26. The molecule has 0 aliphatic heterocycles. The van der Waals surface area contributed by atoms with Gasteiger partial charge >= 0.3 is 0 Å². The third-order valence-corrected chi connectivity index (χ3v) is 3.38. The molecule has 0 saturated heterocycles. The van der Waals surface area contributed by atoms with Crippen molar-refractivity contribution in [1.29, 1.82) is 0 Å². The lowest BCUT2D eigenvalue weighted by atomic mass is 10.1. The lowest BCUT2D eigenvalue weighted by Crippen LogP contribution is -2.07. The first-order valence-electron chi connectivity index (χ1n) is 7.07. The lowest BCUT2D eigenvalue weighted by molar-refractivity contribution is 0.340. The summed E-state index contributed by atoms with van der Waals surface area (Å²) >= 11 is 6.16. The number of anilines is 1. The molecule has 0 fully saturated rings. The van der Waals surface area contributed by atoms with Crippen molar-refractivity contribution in [2.75, 3.05) is 11.9 Å². The molecule has 0 atom stereocenters. The van der Waals surface area contributed by atoms with E-state index in [2.05, 4.69) is 29.1 Å². The maximum atomic E-state index is 6.16. The van der Waals surface area contributed by atoms with Gasteiger partial charge in [0.1, 0.15) is 23.0 Å². The normalized spacial score (nSPS) is 10.7. The van der Waals surface area contributed by atoms with Crippen LogP contribution in [0.25, 0.3) is 0 Å². The van der Waals surface area contributed by atoms with Gasteiger partial charge < -0.3 is 10.1 Å². The number of nitrogens with zero attached hydrogens (tertiary/aromatic N) is 2. The molecule has 1 aromatic heterocycles. The molecule has 0 aliphatic carbocycles. The van der Waals surface area contributed by atoms with E-state index in [0.717, 1.165) is 22.7 Å². The smallest absolute Gasteiger partial charge is 0.138 e. The Morgan fingerprint density at radius 1 is 1.29 bits per heavy atom. The van der Waals surface area contributed by atoms with Crippen LogP contribution < -0.4 is 10.1 Å². The molecular weight excluding hydrogens is 286 g/mol. The summed E-state index contributed by atoms with van der Waals surface area (Å²) in [7, 11) is 0. The van der Waals surface area contributed by atoms with E-state index in [1.165, 1.54) is 6.33 Å². The van der Waals surface area contributed by atoms with Gasteiger partial charge in [-0.15, -0.1) is 0 Å². The Bertz CT molecular complexity index is 602. The molecule has 0 amide bonds. The fourth-order valence-electron chi connectivity index (χ4n) is 2.12. The molecule has 2 rings (SSSR count). The Hall–Kier alpha value is -1.81. The van der Waals surface area contributed by atoms with Crippen molar-refractivity contribution in [2.24, 2.45) is 0 Å². The van der Waals surface area contributed by atoms with E-state index in [9.17, 15) is 0 Å². The van der Waals surface area contributed by atoms with Gasteiger partial charge in [0.15, 0.2) is 0 Å². The van der Waals surface area contributed by atoms with Gasteiger partial charge in [-0.05, 0) is 30.5 Å². The Balaban J connectivity index is 2.13. The molecule has 112 valence electrons. The highest BCUT2D eigenvalue weighted by Gasteiger charge is 2.13. The quantitative estimate of drug-likeness (QED) is 0.810. The fourth-order valence-corrected chi connectivity index (χ4v) is 2.48. The van der Waals surface area contributed by atoms with Crippen LogP contribution in [-0.2, 0) is 6.54 Å². The first-order chi connectivity index (χ1) is 10.1. The SMILES string of the molecule is CCOc1cccc(CNc2ncnc(Cl)c2C(C)C)c1. The van der Waals surface area contributed by atoms with Crippen LogP contribution in [0, 0.1) is 0 Å². The molecule has 0 unspecified atom stereocenters. The Kier molecular flexibility index (Phi) is 5.39. The molecule has 0 radical (unpaired) electrons. The minimum absolute atomic E-state index is 0.260. The van der Waals surface area contributed by atoms with Crippen molar-refractivity contribution in [3.8, 4) is 5.75 Å². The molecule has 0 aliphatic rings. The monoisotopic (exact) mass is 305 g/mol. The van der Waals surface area contributed by atoms with Crippen molar-refractivity contribution in [2.45, 2.75) is 33.2 Å². The Morgan fingerprint density at radius 2 is 2.10 bits per heavy atom. The van der Waals surface area contributed by atoms with E-state index in [4.69, 9.17) is 16.3 Å². The summed E-state index contributed by atoms with van der Waals surface area (Å²) in [5.41, 5.74) is 2.07. The van der Waals surface area contributed by atoms with Crippen molar-refractivity contribution < 1.29 is 4.74 Å². The highest BCUT2D eigenvalue weighted by atomic mass is 35.5. The fraction of sp³-hybridized carbons (Fsp3) is 0.375. The minimum atomic E-state index is 0.260. The van der Waals surface area contributed by atoms with Gasteiger partial charge in [-0.1, -0.05) is 37.6 Å². The third-order valence-electron chi connectivity index (χ3n) is 3.08. The molecule has 5 heteroatoms. The number of halogens is 1. The number of rotatable bonds is 6. The summed E-state index contributed by atoms with van der Waals surface area (Å²) in [5, 5.41) is 3.84. The number of nitrogens with one attached hydrogen (secondary N) is 1. The number of benzene rings is 1. The maximum absolute atomic E-state index is 6.16. The van der Waals surface area contributed by atoms with Crippen LogP contribution in [-0.4, -0.2) is 16.6 Å². The van der Waals surface area contributed by atoms with Crippen molar-refractivity contribution in [3.63, 3.8) is 0 Å².